The molecule has 1 aliphatic heterocycles. The summed E-state index contributed by atoms with van der Waals surface area (Å²) in [4.78, 5) is 25.3. The van der Waals surface area contributed by atoms with E-state index in [0.717, 1.165) is 48.5 Å². The summed E-state index contributed by atoms with van der Waals surface area (Å²) in [6.07, 6.45) is 2.99. The SMILES string of the molecule is Cc1noc(C)c1CCC(=O)N1CCC(Cc2ccc(C(=O)O)cc2)C1. The number of likely N-dealkylation sites (tertiary alicyclic amines) is 1. The highest BCUT2D eigenvalue weighted by molar-refractivity contribution is 5.87. The Labute approximate surface area is 152 Å². The van der Waals surface area contributed by atoms with Gasteiger partial charge in [-0.1, -0.05) is 17.3 Å². The molecule has 1 amide bonds. The minimum Gasteiger partial charge on any atom is -0.478 e. The van der Waals surface area contributed by atoms with Gasteiger partial charge in [0.25, 0.3) is 0 Å². The van der Waals surface area contributed by atoms with Gasteiger partial charge in [0.2, 0.25) is 5.91 Å². The minimum absolute atomic E-state index is 0.175. The van der Waals surface area contributed by atoms with Crippen molar-refractivity contribution in [3.63, 3.8) is 0 Å². The van der Waals surface area contributed by atoms with Crippen LogP contribution in [0.4, 0.5) is 0 Å². The highest BCUT2D eigenvalue weighted by atomic mass is 16.5. The number of carbonyl (C=O) groups excluding carboxylic acids is 1. The van der Waals surface area contributed by atoms with Crippen LogP contribution in [0.15, 0.2) is 28.8 Å². The molecule has 3 rings (SSSR count). The van der Waals surface area contributed by atoms with Crippen LogP contribution in [-0.2, 0) is 17.6 Å². The number of nitrogens with zero attached hydrogens (tertiary/aromatic N) is 2. The van der Waals surface area contributed by atoms with Gasteiger partial charge in [-0.3, -0.25) is 4.79 Å². The van der Waals surface area contributed by atoms with E-state index in [1.165, 1.54) is 0 Å². The van der Waals surface area contributed by atoms with Gasteiger partial charge in [-0.05, 0) is 56.7 Å². The van der Waals surface area contributed by atoms with Gasteiger partial charge in [0.1, 0.15) is 5.76 Å². The third-order valence-electron chi connectivity index (χ3n) is 5.13. The summed E-state index contributed by atoms with van der Waals surface area (Å²) in [5, 5.41) is 12.9. The van der Waals surface area contributed by atoms with Gasteiger partial charge in [-0.25, -0.2) is 4.79 Å². The Bertz CT molecular complexity index is 775. The third kappa shape index (κ3) is 4.12. The lowest BCUT2D eigenvalue weighted by Gasteiger charge is -2.16. The fraction of sp³-hybridized carbons (Fsp3) is 0.450. The Balaban J connectivity index is 1.50. The van der Waals surface area contributed by atoms with Crippen molar-refractivity contribution in [2.75, 3.05) is 13.1 Å². The molecule has 6 heteroatoms. The number of carboxylic acids is 1. The molecular formula is C20H24N2O4. The predicted octanol–water partition coefficient (Wildman–Crippen LogP) is 3.01. The van der Waals surface area contributed by atoms with Crippen LogP contribution < -0.4 is 0 Å². The highest BCUT2D eigenvalue weighted by Crippen LogP contribution is 2.23. The first-order valence-corrected chi connectivity index (χ1v) is 8.95. The number of rotatable bonds is 6. The van der Waals surface area contributed by atoms with Crippen molar-refractivity contribution in [2.24, 2.45) is 5.92 Å². The van der Waals surface area contributed by atoms with Gasteiger partial charge in [-0.2, -0.15) is 0 Å². The molecule has 0 bridgehead atoms. The summed E-state index contributed by atoms with van der Waals surface area (Å²) in [5.41, 5.74) is 3.31. The van der Waals surface area contributed by atoms with Crippen LogP contribution >= 0.6 is 0 Å². The molecule has 0 aliphatic carbocycles. The smallest absolute Gasteiger partial charge is 0.335 e. The topological polar surface area (TPSA) is 83.6 Å². The zero-order valence-electron chi connectivity index (χ0n) is 15.2. The molecule has 138 valence electrons. The van der Waals surface area contributed by atoms with Gasteiger partial charge in [0, 0.05) is 25.1 Å². The van der Waals surface area contributed by atoms with Crippen molar-refractivity contribution in [1.29, 1.82) is 0 Å². The Morgan fingerprint density at radius 1 is 1.27 bits per heavy atom. The quantitative estimate of drug-likeness (QED) is 0.860. The Hall–Kier alpha value is -2.63. The zero-order valence-corrected chi connectivity index (χ0v) is 15.2. The molecule has 1 aromatic heterocycles. The first-order chi connectivity index (χ1) is 12.4. The Morgan fingerprint density at radius 3 is 2.62 bits per heavy atom. The van der Waals surface area contributed by atoms with Crippen LogP contribution in [0.2, 0.25) is 0 Å². The van der Waals surface area contributed by atoms with Crippen LogP contribution in [0, 0.1) is 19.8 Å². The molecule has 2 heterocycles. The molecule has 0 saturated carbocycles. The van der Waals surface area contributed by atoms with Crippen LogP contribution in [0.25, 0.3) is 0 Å². The maximum atomic E-state index is 12.5. The van der Waals surface area contributed by atoms with Crippen LogP contribution in [0.1, 0.15) is 45.8 Å². The van der Waals surface area contributed by atoms with E-state index in [9.17, 15) is 9.59 Å². The van der Waals surface area contributed by atoms with E-state index >= 15 is 0 Å². The fourth-order valence-electron chi connectivity index (χ4n) is 3.59. The second-order valence-electron chi connectivity index (χ2n) is 7.00. The molecule has 1 unspecified atom stereocenters. The summed E-state index contributed by atoms with van der Waals surface area (Å²) in [6.45, 7) is 5.33. The molecule has 1 aliphatic rings. The van der Waals surface area contributed by atoms with Crippen molar-refractivity contribution in [1.82, 2.24) is 10.1 Å². The number of carbonyl (C=O) groups is 2. The predicted molar refractivity (Wildman–Crippen MR) is 96.1 cm³/mol. The molecule has 26 heavy (non-hydrogen) atoms. The lowest BCUT2D eigenvalue weighted by atomic mass is 9.98. The number of aromatic carboxylic acids is 1. The van der Waals surface area contributed by atoms with E-state index in [4.69, 9.17) is 9.63 Å². The first-order valence-electron chi connectivity index (χ1n) is 8.95. The number of aromatic nitrogens is 1. The maximum Gasteiger partial charge on any atom is 0.335 e. The number of hydrogen-bond acceptors (Lipinski definition) is 4. The summed E-state index contributed by atoms with van der Waals surface area (Å²) in [6, 6.07) is 7.01. The first kappa shape index (κ1) is 18.2. The summed E-state index contributed by atoms with van der Waals surface area (Å²) in [5.74, 6) is 0.481. The molecule has 1 fully saturated rings. The molecule has 1 saturated heterocycles. The van der Waals surface area contributed by atoms with Crippen molar-refractivity contribution in [3.05, 3.63) is 52.4 Å². The van der Waals surface area contributed by atoms with E-state index in [2.05, 4.69) is 5.16 Å². The molecular weight excluding hydrogens is 332 g/mol. The van der Waals surface area contributed by atoms with E-state index in [1.807, 2.05) is 30.9 Å². The average molecular weight is 356 g/mol. The van der Waals surface area contributed by atoms with Gasteiger partial charge in [0.15, 0.2) is 0 Å². The maximum absolute atomic E-state index is 12.5. The molecule has 1 aromatic carbocycles. The number of benzene rings is 1. The van der Waals surface area contributed by atoms with Crippen molar-refractivity contribution >= 4 is 11.9 Å². The highest BCUT2D eigenvalue weighted by Gasteiger charge is 2.26. The standard InChI is InChI=1S/C20H24N2O4/c1-13-18(14(2)26-21-13)7-8-19(23)22-10-9-16(12-22)11-15-3-5-17(6-4-15)20(24)25/h3-6,16H,7-12H2,1-2H3,(H,24,25). The van der Waals surface area contributed by atoms with Gasteiger partial charge < -0.3 is 14.5 Å². The lowest BCUT2D eigenvalue weighted by Crippen LogP contribution is -2.29. The van der Waals surface area contributed by atoms with Crippen LogP contribution in [-0.4, -0.2) is 40.1 Å². The molecule has 6 nitrogen and oxygen atoms in total. The second-order valence-corrected chi connectivity index (χ2v) is 7.00. The average Bonchev–Trinajstić information content (AvgIpc) is 3.20. The van der Waals surface area contributed by atoms with Crippen LogP contribution in [0.3, 0.4) is 0 Å². The molecule has 1 N–H and O–H groups in total. The van der Waals surface area contributed by atoms with E-state index in [1.54, 1.807) is 12.1 Å². The number of amides is 1. The normalized spacial score (nSPS) is 16.8. The fourth-order valence-corrected chi connectivity index (χ4v) is 3.59. The second kappa shape index (κ2) is 7.72. The summed E-state index contributed by atoms with van der Waals surface area (Å²) in [7, 11) is 0. The van der Waals surface area contributed by atoms with Crippen molar-refractivity contribution < 1.29 is 19.2 Å². The van der Waals surface area contributed by atoms with Gasteiger partial charge >= 0.3 is 5.97 Å². The van der Waals surface area contributed by atoms with E-state index in [-0.39, 0.29) is 5.91 Å². The Morgan fingerprint density at radius 2 is 2.00 bits per heavy atom. The third-order valence-corrected chi connectivity index (χ3v) is 5.13. The lowest BCUT2D eigenvalue weighted by molar-refractivity contribution is -0.130. The summed E-state index contributed by atoms with van der Waals surface area (Å²) < 4.78 is 5.15. The zero-order chi connectivity index (χ0) is 18.7. The van der Waals surface area contributed by atoms with Crippen molar-refractivity contribution in [3.8, 4) is 0 Å². The monoisotopic (exact) mass is 356 g/mol. The number of carboxylic acid groups (broad SMARTS) is 1. The minimum atomic E-state index is -0.910. The van der Waals surface area contributed by atoms with E-state index in [0.29, 0.717) is 24.3 Å². The molecule has 0 spiro atoms. The number of aryl methyl sites for hydroxylation is 2. The van der Waals surface area contributed by atoms with Gasteiger partial charge in [0.05, 0.1) is 11.3 Å². The summed E-state index contributed by atoms with van der Waals surface area (Å²) >= 11 is 0. The van der Waals surface area contributed by atoms with E-state index < -0.39 is 5.97 Å². The molecule has 2 aromatic rings. The molecule has 0 radical (unpaired) electrons. The van der Waals surface area contributed by atoms with Crippen LogP contribution in [0.5, 0.6) is 0 Å². The Kier molecular flexibility index (Phi) is 5.40. The largest absolute Gasteiger partial charge is 0.478 e. The van der Waals surface area contributed by atoms with Crippen molar-refractivity contribution in [2.45, 2.75) is 39.5 Å². The molecule has 1 atom stereocenters. The van der Waals surface area contributed by atoms with Gasteiger partial charge in [-0.15, -0.1) is 0 Å². The number of hydrogen-bond donors (Lipinski definition) is 1.